The van der Waals surface area contributed by atoms with E-state index in [2.05, 4.69) is 22.3 Å². The van der Waals surface area contributed by atoms with Crippen molar-refractivity contribution in [2.24, 2.45) is 11.7 Å². The van der Waals surface area contributed by atoms with Crippen LogP contribution in [0.5, 0.6) is 0 Å². The fraction of sp³-hybridized carbons (Fsp3) is 0.467. The second-order valence-corrected chi connectivity index (χ2v) is 6.64. The van der Waals surface area contributed by atoms with Gasteiger partial charge < -0.3 is 16.0 Å². The molecule has 1 fully saturated rings. The molecule has 0 aliphatic carbocycles. The number of rotatable bonds is 5. The molecule has 0 aromatic heterocycles. The zero-order chi connectivity index (χ0) is 15.1. The molecule has 0 saturated carbocycles. The Kier molecular flexibility index (Phi) is 6.32. The topological polar surface area (TPSA) is 58.4 Å². The number of benzene rings is 1. The first-order valence-electron chi connectivity index (χ1n) is 7.17. The quantitative estimate of drug-likeness (QED) is 0.492. The molecule has 0 spiro atoms. The number of nitrogens with zero attached hydrogens (tertiary/aromatic N) is 1. The van der Waals surface area contributed by atoms with E-state index >= 15 is 0 Å². The molecule has 0 radical (unpaired) electrons. The molecule has 1 atom stereocenters. The van der Waals surface area contributed by atoms with Crippen LogP contribution >= 0.6 is 24.0 Å². The second-order valence-electron chi connectivity index (χ2n) is 5.08. The predicted octanol–water partition coefficient (Wildman–Crippen LogP) is 1.85. The first-order chi connectivity index (χ1) is 10.2. The van der Waals surface area contributed by atoms with Gasteiger partial charge in [0.25, 0.3) is 0 Å². The third-order valence-electron chi connectivity index (χ3n) is 3.50. The van der Waals surface area contributed by atoms with Crippen molar-refractivity contribution < 1.29 is 4.79 Å². The molecule has 1 aromatic rings. The summed E-state index contributed by atoms with van der Waals surface area (Å²) in [5.41, 5.74) is 5.38. The molecule has 21 heavy (non-hydrogen) atoms. The number of nitrogens with one attached hydrogen (secondary N) is 1. The number of hydrogen-bond donors (Lipinski definition) is 2. The number of thioether (sulfide) groups is 1. The zero-order valence-electron chi connectivity index (χ0n) is 12.0. The van der Waals surface area contributed by atoms with Gasteiger partial charge in [-0.1, -0.05) is 18.2 Å². The minimum absolute atomic E-state index is 0.0720. The van der Waals surface area contributed by atoms with E-state index in [0.29, 0.717) is 6.54 Å². The van der Waals surface area contributed by atoms with Crippen LogP contribution in [0.1, 0.15) is 12.8 Å². The Bertz CT molecular complexity index is 481. The van der Waals surface area contributed by atoms with Crippen LogP contribution in [0, 0.1) is 5.92 Å². The maximum atomic E-state index is 11.3. The van der Waals surface area contributed by atoms with Gasteiger partial charge in [-0.2, -0.15) is 0 Å². The average molecular weight is 323 g/mol. The Labute approximate surface area is 135 Å². The van der Waals surface area contributed by atoms with Crippen molar-refractivity contribution in [2.45, 2.75) is 17.7 Å². The number of thiocarbonyl (C=S) groups is 1. The fourth-order valence-electron chi connectivity index (χ4n) is 2.35. The highest BCUT2D eigenvalue weighted by atomic mass is 32.2. The molecule has 1 saturated heterocycles. The number of likely N-dealkylation sites (tertiary alicyclic amines) is 1. The van der Waals surface area contributed by atoms with Gasteiger partial charge in [0.05, 0.1) is 5.92 Å². The summed E-state index contributed by atoms with van der Waals surface area (Å²) in [5, 5.41) is 4.00. The molecular weight excluding hydrogens is 302 g/mol. The summed E-state index contributed by atoms with van der Waals surface area (Å²) < 4.78 is 0. The fourth-order valence-corrected chi connectivity index (χ4v) is 3.41. The molecular formula is C15H21N3OS2. The van der Waals surface area contributed by atoms with Crippen LogP contribution in [0.25, 0.3) is 0 Å². The lowest BCUT2D eigenvalue weighted by Crippen LogP contribution is -2.48. The maximum absolute atomic E-state index is 11.3. The number of carbonyl (C=O) groups is 1. The zero-order valence-corrected chi connectivity index (χ0v) is 13.6. The monoisotopic (exact) mass is 323 g/mol. The van der Waals surface area contributed by atoms with Crippen LogP contribution in [-0.4, -0.2) is 41.3 Å². The smallest absolute Gasteiger partial charge is 0.222 e. The molecule has 3 N–H and O–H groups in total. The first kappa shape index (κ1) is 16.1. The molecule has 0 unspecified atom stereocenters. The third kappa shape index (κ3) is 5.21. The molecule has 4 nitrogen and oxygen atoms in total. The van der Waals surface area contributed by atoms with Gasteiger partial charge in [0.1, 0.15) is 0 Å². The van der Waals surface area contributed by atoms with Crippen LogP contribution in [0.3, 0.4) is 0 Å². The van der Waals surface area contributed by atoms with Crippen molar-refractivity contribution in [3.05, 3.63) is 30.3 Å². The number of piperidine rings is 1. The highest BCUT2D eigenvalue weighted by Gasteiger charge is 2.25. The van der Waals surface area contributed by atoms with E-state index in [1.807, 2.05) is 18.2 Å². The van der Waals surface area contributed by atoms with Gasteiger partial charge in [0, 0.05) is 30.3 Å². The lowest BCUT2D eigenvalue weighted by Gasteiger charge is -2.33. The van der Waals surface area contributed by atoms with E-state index in [4.69, 9.17) is 18.0 Å². The van der Waals surface area contributed by atoms with Crippen LogP contribution in [0.2, 0.25) is 0 Å². The molecule has 2 rings (SSSR count). The van der Waals surface area contributed by atoms with Gasteiger partial charge in [-0.3, -0.25) is 4.79 Å². The van der Waals surface area contributed by atoms with Gasteiger partial charge >= 0.3 is 0 Å². The maximum Gasteiger partial charge on any atom is 0.222 e. The normalized spacial score (nSPS) is 18.3. The summed E-state index contributed by atoms with van der Waals surface area (Å²) in [4.78, 5) is 14.6. The molecule has 6 heteroatoms. The van der Waals surface area contributed by atoms with Crippen LogP contribution in [-0.2, 0) is 4.79 Å². The Hall–Kier alpha value is -1.27. The van der Waals surface area contributed by atoms with Crippen molar-refractivity contribution in [1.29, 1.82) is 0 Å². The summed E-state index contributed by atoms with van der Waals surface area (Å²) >= 11 is 7.20. The molecule has 1 amide bonds. The highest BCUT2D eigenvalue weighted by Crippen LogP contribution is 2.17. The van der Waals surface area contributed by atoms with Crippen molar-refractivity contribution in [3.8, 4) is 0 Å². The van der Waals surface area contributed by atoms with Gasteiger partial charge in [0.2, 0.25) is 5.91 Å². The molecule has 1 aliphatic heterocycles. The molecule has 1 heterocycles. The van der Waals surface area contributed by atoms with Gasteiger partial charge in [-0.05, 0) is 37.2 Å². The summed E-state index contributed by atoms with van der Waals surface area (Å²) in [6, 6.07) is 10.3. The van der Waals surface area contributed by atoms with E-state index in [-0.39, 0.29) is 11.8 Å². The first-order valence-corrected chi connectivity index (χ1v) is 8.56. The Morgan fingerprint density at radius 3 is 2.90 bits per heavy atom. The predicted molar refractivity (Wildman–Crippen MR) is 91.3 cm³/mol. The lowest BCUT2D eigenvalue weighted by atomic mass is 9.98. The Morgan fingerprint density at radius 2 is 2.19 bits per heavy atom. The number of carbonyl (C=O) groups excluding carboxylic acids is 1. The molecule has 114 valence electrons. The molecule has 0 bridgehead atoms. The number of amides is 1. The summed E-state index contributed by atoms with van der Waals surface area (Å²) in [5.74, 6) is 0.663. The number of primary amides is 1. The van der Waals surface area contributed by atoms with Crippen molar-refractivity contribution in [2.75, 3.05) is 25.4 Å². The average Bonchev–Trinajstić information content (AvgIpc) is 2.52. The van der Waals surface area contributed by atoms with E-state index in [0.717, 1.165) is 36.8 Å². The lowest BCUT2D eigenvalue weighted by molar-refractivity contribution is -0.122. The minimum atomic E-state index is -0.220. The number of nitrogens with two attached hydrogens (primary N) is 1. The summed E-state index contributed by atoms with van der Waals surface area (Å²) in [7, 11) is 0. The Balaban J connectivity index is 1.68. The van der Waals surface area contributed by atoms with Gasteiger partial charge in [-0.25, -0.2) is 0 Å². The minimum Gasteiger partial charge on any atom is -0.369 e. The molecule has 1 aliphatic rings. The molecule has 1 aromatic carbocycles. The van der Waals surface area contributed by atoms with E-state index in [1.54, 1.807) is 11.8 Å². The van der Waals surface area contributed by atoms with E-state index < -0.39 is 0 Å². The van der Waals surface area contributed by atoms with Crippen molar-refractivity contribution in [1.82, 2.24) is 10.2 Å². The third-order valence-corrected chi connectivity index (χ3v) is 4.92. The highest BCUT2D eigenvalue weighted by molar-refractivity contribution is 7.99. The van der Waals surface area contributed by atoms with Crippen molar-refractivity contribution >= 4 is 35.0 Å². The van der Waals surface area contributed by atoms with Crippen LogP contribution < -0.4 is 11.1 Å². The van der Waals surface area contributed by atoms with Gasteiger partial charge in [0.15, 0.2) is 5.11 Å². The Morgan fingerprint density at radius 1 is 1.43 bits per heavy atom. The van der Waals surface area contributed by atoms with Crippen LogP contribution in [0.15, 0.2) is 35.2 Å². The number of hydrogen-bond acceptors (Lipinski definition) is 3. The van der Waals surface area contributed by atoms with Gasteiger partial charge in [-0.15, -0.1) is 11.8 Å². The summed E-state index contributed by atoms with van der Waals surface area (Å²) in [6.07, 6.45) is 1.84. The largest absolute Gasteiger partial charge is 0.369 e. The standard InChI is InChI=1S/C15H21N3OS2/c16-14(19)12-5-4-9-18(11-12)15(20)17-8-10-21-13-6-2-1-3-7-13/h1-3,6-7,12H,4-5,8-11H2,(H2,16,19)(H,17,20)/t12-/m0/s1. The second kappa shape index (κ2) is 8.24. The SMILES string of the molecule is NC(=O)[C@H]1CCCN(C(=S)NCCSc2ccccc2)C1. The van der Waals surface area contributed by atoms with Crippen molar-refractivity contribution in [3.63, 3.8) is 0 Å². The van der Waals surface area contributed by atoms with E-state index in [9.17, 15) is 4.79 Å². The summed E-state index contributed by atoms with van der Waals surface area (Å²) in [6.45, 7) is 2.37. The van der Waals surface area contributed by atoms with Crippen LogP contribution in [0.4, 0.5) is 0 Å². The van der Waals surface area contributed by atoms with E-state index in [1.165, 1.54) is 4.90 Å².